The molecule has 4 rings (SSSR count). The molecule has 0 aliphatic carbocycles. The number of carbonyl (C=O) groups is 1. The summed E-state index contributed by atoms with van der Waals surface area (Å²) in [6.07, 6.45) is 3.90. The standard InChI is InChI=1S/C23H26N2O5S/c1-3-24(4-2)31(27,28)19-7-8-20-18(16-19)11-12-25(20)23(26)10-6-17-5-9-21-22(15-17)30-14-13-29-21/h5-10,15-16H,3-4,11-14H2,1-2H3/b10-6+. The molecule has 2 heterocycles. The minimum absolute atomic E-state index is 0.145. The van der Waals surface area contributed by atoms with Gasteiger partial charge in [0.2, 0.25) is 10.0 Å². The Labute approximate surface area is 182 Å². The van der Waals surface area contributed by atoms with E-state index in [4.69, 9.17) is 9.47 Å². The maximum Gasteiger partial charge on any atom is 0.251 e. The van der Waals surface area contributed by atoms with Crippen molar-refractivity contribution < 1.29 is 22.7 Å². The van der Waals surface area contributed by atoms with E-state index in [1.54, 1.807) is 29.2 Å². The lowest BCUT2D eigenvalue weighted by atomic mass is 10.1. The Hall–Kier alpha value is -2.84. The fraction of sp³-hybridized carbons (Fsp3) is 0.348. The molecule has 7 nitrogen and oxygen atoms in total. The zero-order valence-electron chi connectivity index (χ0n) is 17.7. The van der Waals surface area contributed by atoms with E-state index in [1.807, 2.05) is 32.0 Å². The summed E-state index contributed by atoms with van der Waals surface area (Å²) in [5.41, 5.74) is 2.47. The molecule has 31 heavy (non-hydrogen) atoms. The first-order chi connectivity index (χ1) is 14.9. The summed E-state index contributed by atoms with van der Waals surface area (Å²) in [4.78, 5) is 14.8. The number of ether oxygens (including phenoxy) is 2. The van der Waals surface area contributed by atoms with E-state index in [2.05, 4.69) is 0 Å². The van der Waals surface area contributed by atoms with Gasteiger partial charge in [-0.15, -0.1) is 0 Å². The number of fused-ring (bicyclic) bond motifs is 2. The van der Waals surface area contributed by atoms with Gasteiger partial charge < -0.3 is 14.4 Å². The highest BCUT2D eigenvalue weighted by atomic mass is 32.2. The van der Waals surface area contributed by atoms with Gasteiger partial charge in [-0.3, -0.25) is 4.79 Å². The number of nitrogens with zero attached hydrogens (tertiary/aromatic N) is 2. The highest BCUT2D eigenvalue weighted by Gasteiger charge is 2.27. The third kappa shape index (κ3) is 4.18. The molecule has 2 aromatic rings. The molecular formula is C23H26N2O5S. The number of amides is 1. The molecule has 0 spiro atoms. The molecule has 0 radical (unpaired) electrons. The number of hydrogen-bond donors (Lipinski definition) is 0. The fourth-order valence-electron chi connectivity index (χ4n) is 3.90. The van der Waals surface area contributed by atoms with Crippen LogP contribution in [-0.4, -0.2) is 51.5 Å². The molecule has 1 amide bonds. The second-order valence-electron chi connectivity index (χ2n) is 7.36. The average molecular weight is 443 g/mol. The van der Waals surface area contributed by atoms with Gasteiger partial charge in [0.05, 0.1) is 4.90 Å². The van der Waals surface area contributed by atoms with Gasteiger partial charge in [0.25, 0.3) is 5.91 Å². The molecule has 2 aromatic carbocycles. The van der Waals surface area contributed by atoms with Crippen LogP contribution in [0.2, 0.25) is 0 Å². The SMILES string of the molecule is CCN(CC)S(=O)(=O)c1ccc2c(c1)CCN2C(=O)/C=C/c1ccc2c(c1)OCCO2. The largest absolute Gasteiger partial charge is 0.486 e. The first-order valence-corrected chi connectivity index (χ1v) is 11.9. The fourth-order valence-corrected chi connectivity index (χ4v) is 5.41. The van der Waals surface area contributed by atoms with E-state index >= 15 is 0 Å². The van der Waals surface area contributed by atoms with Crippen molar-refractivity contribution in [1.82, 2.24) is 4.31 Å². The Kier molecular flexibility index (Phi) is 6.02. The number of carbonyl (C=O) groups excluding carboxylic acids is 1. The number of anilines is 1. The van der Waals surface area contributed by atoms with Gasteiger partial charge in [-0.2, -0.15) is 4.31 Å². The highest BCUT2D eigenvalue weighted by Crippen LogP contribution is 2.33. The van der Waals surface area contributed by atoms with Gasteiger partial charge in [-0.1, -0.05) is 19.9 Å². The molecule has 2 aliphatic heterocycles. The molecule has 0 aromatic heterocycles. The summed E-state index contributed by atoms with van der Waals surface area (Å²) in [6, 6.07) is 10.6. The maximum absolute atomic E-state index is 12.8. The van der Waals surface area contributed by atoms with Crippen LogP contribution < -0.4 is 14.4 Å². The topological polar surface area (TPSA) is 76.2 Å². The second-order valence-corrected chi connectivity index (χ2v) is 9.29. The Morgan fingerprint density at radius 3 is 2.55 bits per heavy atom. The Morgan fingerprint density at radius 1 is 1.06 bits per heavy atom. The third-order valence-corrected chi connectivity index (χ3v) is 7.59. The normalized spacial score (nSPS) is 15.5. The number of benzene rings is 2. The van der Waals surface area contributed by atoms with Crippen molar-refractivity contribution in [2.24, 2.45) is 0 Å². The van der Waals surface area contributed by atoms with E-state index in [-0.39, 0.29) is 10.8 Å². The van der Waals surface area contributed by atoms with Crippen LogP contribution in [-0.2, 0) is 21.2 Å². The number of rotatable bonds is 6. The molecule has 2 aliphatic rings. The van der Waals surface area contributed by atoms with Crippen molar-refractivity contribution in [2.75, 3.05) is 37.7 Å². The van der Waals surface area contributed by atoms with Crippen molar-refractivity contribution in [3.8, 4) is 11.5 Å². The molecule has 0 saturated carbocycles. The van der Waals surface area contributed by atoms with Crippen LogP contribution in [0.15, 0.2) is 47.4 Å². The van der Waals surface area contributed by atoms with E-state index in [1.165, 1.54) is 10.4 Å². The Bertz CT molecular complexity index is 1120. The van der Waals surface area contributed by atoms with Gasteiger partial charge in [-0.25, -0.2) is 8.42 Å². The first-order valence-electron chi connectivity index (χ1n) is 10.5. The van der Waals surface area contributed by atoms with Gasteiger partial charge in [-0.05, 0) is 54.0 Å². The van der Waals surface area contributed by atoms with Gasteiger partial charge in [0.15, 0.2) is 11.5 Å². The highest BCUT2D eigenvalue weighted by molar-refractivity contribution is 7.89. The Balaban J connectivity index is 1.52. The molecule has 0 bridgehead atoms. The van der Waals surface area contributed by atoms with Crippen LogP contribution in [0.4, 0.5) is 5.69 Å². The number of hydrogen-bond acceptors (Lipinski definition) is 5. The summed E-state index contributed by atoms with van der Waals surface area (Å²) in [5, 5.41) is 0. The molecule has 0 atom stereocenters. The predicted octanol–water partition coefficient (Wildman–Crippen LogP) is 3.09. The molecular weight excluding hydrogens is 416 g/mol. The molecule has 0 saturated heterocycles. The predicted molar refractivity (Wildman–Crippen MR) is 119 cm³/mol. The van der Waals surface area contributed by atoms with Crippen LogP contribution in [0.25, 0.3) is 6.08 Å². The average Bonchev–Trinajstić information content (AvgIpc) is 3.21. The molecule has 0 fully saturated rings. The zero-order valence-corrected chi connectivity index (χ0v) is 18.5. The van der Waals surface area contributed by atoms with Crippen LogP contribution in [0.5, 0.6) is 11.5 Å². The third-order valence-electron chi connectivity index (χ3n) is 5.54. The molecule has 164 valence electrons. The minimum Gasteiger partial charge on any atom is -0.486 e. The summed E-state index contributed by atoms with van der Waals surface area (Å²) >= 11 is 0. The molecule has 0 unspecified atom stereocenters. The van der Waals surface area contributed by atoms with Crippen LogP contribution in [0, 0.1) is 0 Å². The lowest BCUT2D eigenvalue weighted by Gasteiger charge is -2.20. The van der Waals surface area contributed by atoms with Crippen LogP contribution >= 0.6 is 0 Å². The quantitative estimate of drug-likeness (QED) is 0.643. The first kappa shape index (κ1) is 21.4. The molecule has 0 N–H and O–H groups in total. The van der Waals surface area contributed by atoms with Gasteiger partial charge in [0.1, 0.15) is 13.2 Å². The summed E-state index contributed by atoms with van der Waals surface area (Å²) < 4.78 is 38.1. The maximum atomic E-state index is 12.8. The van der Waals surface area contributed by atoms with E-state index in [0.717, 1.165) is 16.8 Å². The summed E-state index contributed by atoms with van der Waals surface area (Å²) in [5.74, 6) is 1.24. The van der Waals surface area contributed by atoms with Crippen molar-refractivity contribution in [2.45, 2.75) is 25.2 Å². The van der Waals surface area contributed by atoms with Crippen molar-refractivity contribution >= 4 is 27.7 Å². The lowest BCUT2D eigenvalue weighted by Crippen LogP contribution is -2.30. The van der Waals surface area contributed by atoms with E-state index in [0.29, 0.717) is 50.8 Å². The van der Waals surface area contributed by atoms with Crippen molar-refractivity contribution in [3.05, 3.63) is 53.6 Å². The van der Waals surface area contributed by atoms with Crippen LogP contribution in [0.3, 0.4) is 0 Å². The monoisotopic (exact) mass is 442 g/mol. The summed E-state index contributed by atoms with van der Waals surface area (Å²) in [6.45, 7) is 6.05. The zero-order chi connectivity index (χ0) is 22.0. The van der Waals surface area contributed by atoms with Gasteiger partial charge >= 0.3 is 0 Å². The van der Waals surface area contributed by atoms with E-state index in [9.17, 15) is 13.2 Å². The van der Waals surface area contributed by atoms with Crippen molar-refractivity contribution in [3.63, 3.8) is 0 Å². The van der Waals surface area contributed by atoms with E-state index < -0.39 is 10.0 Å². The smallest absolute Gasteiger partial charge is 0.251 e. The molecule has 8 heteroatoms. The van der Waals surface area contributed by atoms with Crippen LogP contribution in [0.1, 0.15) is 25.0 Å². The number of sulfonamides is 1. The second kappa shape index (κ2) is 8.72. The minimum atomic E-state index is -3.52. The Morgan fingerprint density at radius 2 is 1.81 bits per heavy atom. The van der Waals surface area contributed by atoms with Gasteiger partial charge in [0, 0.05) is 31.4 Å². The summed E-state index contributed by atoms with van der Waals surface area (Å²) in [7, 11) is -3.52. The lowest BCUT2D eigenvalue weighted by molar-refractivity contribution is -0.114. The van der Waals surface area contributed by atoms with Crippen molar-refractivity contribution in [1.29, 1.82) is 0 Å².